The van der Waals surface area contributed by atoms with Crippen molar-refractivity contribution in [3.05, 3.63) is 0 Å². The van der Waals surface area contributed by atoms with Crippen LogP contribution in [0.15, 0.2) is 0 Å². The second kappa shape index (κ2) is 5.56. The first-order valence-electron chi connectivity index (χ1n) is 10.5. The van der Waals surface area contributed by atoms with E-state index in [9.17, 15) is 9.90 Å². The van der Waals surface area contributed by atoms with E-state index in [4.69, 9.17) is 0 Å². The molecule has 0 amide bonds. The number of carbonyl (C=O) groups is 1. The highest BCUT2D eigenvalue weighted by molar-refractivity contribution is 5.80. The van der Waals surface area contributed by atoms with Gasteiger partial charge in [-0.15, -0.1) is 0 Å². The number of hydrogen-bond acceptors (Lipinski definition) is 2. The average molecular weight is 333 g/mol. The molecule has 0 bridgehead atoms. The molecule has 4 aliphatic carbocycles. The molecule has 2 heteroatoms. The maximum atomic E-state index is 12.4. The molecule has 4 rings (SSSR count). The highest BCUT2D eigenvalue weighted by Gasteiger charge is 2.62. The van der Waals surface area contributed by atoms with Crippen molar-refractivity contribution in [3.8, 4) is 0 Å². The molecule has 24 heavy (non-hydrogen) atoms. The van der Waals surface area contributed by atoms with Gasteiger partial charge >= 0.3 is 0 Å². The Hall–Kier alpha value is -0.370. The van der Waals surface area contributed by atoms with Gasteiger partial charge in [0, 0.05) is 5.92 Å². The lowest BCUT2D eigenvalue weighted by atomic mass is 9.44. The lowest BCUT2D eigenvalue weighted by Crippen LogP contribution is -2.54. The molecular formula is C22H36O2. The Morgan fingerprint density at radius 1 is 0.958 bits per heavy atom. The fourth-order valence-corrected chi connectivity index (χ4v) is 8.46. The highest BCUT2D eigenvalue weighted by atomic mass is 16.3. The molecule has 1 N–H and O–H groups in total. The van der Waals surface area contributed by atoms with Crippen molar-refractivity contribution >= 4 is 5.78 Å². The number of aliphatic hydroxyl groups excluding tert-OH is 1. The third kappa shape index (κ3) is 2.20. The summed E-state index contributed by atoms with van der Waals surface area (Å²) in [6.07, 6.45) is 9.69. The van der Waals surface area contributed by atoms with Crippen LogP contribution in [0.4, 0.5) is 0 Å². The summed E-state index contributed by atoms with van der Waals surface area (Å²) in [6, 6.07) is 0. The molecule has 136 valence electrons. The van der Waals surface area contributed by atoms with Crippen molar-refractivity contribution in [3.63, 3.8) is 0 Å². The Bertz CT molecular complexity index is 528. The van der Waals surface area contributed by atoms with Gasteiger partial charge in [-0.05, 0) is 98.7 Å². The van der Waals surface area contributed by atoms with Crippen LogP contribution in [0.2, 0.25) is 0 Å². The molecule has 2 nitrogen and oxygen atoms in total. The van der Waals surface area contributed by atoms with E-state index in [-0.39, 0.29) is 11.5 Å². The molecule has 0 unspecified atom stereocenters. The van der Waals surface area contributed by atoms with Gasteiger partial charge in [0.25, 0.3) is 0 Å². The van der Waals surface area contributed by atoms with E-state index in [1.807, 2.05) is 6.92 Å². The average Bonchev–Trinajstić information content (AvgIpc) is 2.78. The van der Waals surface area contributed by atoms with Crippen LogP contribution < -0.4 is 0 Å². The van der Waals surface area contributed by atoms with Crippen LogP contribution in [-0.2, 0) is 4.79 Å². The third-order valence-corrected chi connectivity index (χ3v) is 9.42. The van der Waals surface area contributed by atoms with Crippen LogP contribution >= 0.6 is 0 Å². The van der Waals surface area contributed by atoms with Gasteiger partial charge in [0.2, 0.25) is 0 Å². The van der Waals surface area contributed by atoms with Crippen molar-refractivity contribution in [2.75, 3.05) is 0 Å². The maximum absolute atomic E-state index is 12.4. The Morgan fingerprint density at radius 2 is 1.67 bits per heavy atom. The Kier molecular flexibility index (Phi) is 3.95. The standard InChI is InChI=1S/C22H36O2/c1-13-11-19-17-6-5-15-12-16(24)7-9-21(15,3)18(17)8-10-22(19,4)20(13)14(2)23/h13,15-20,24H,5-12H2,1-4H3/t13-,15-,16+,17+,18-,19-,20+,21-,22-/m0/s1. The summed E-state index contributed by atoms with van der Waals surface area (Å²) in [4.78, 5) is 12.4. The molecule has 4 fully saturated rings. The summed E-state index contributed by atoms with van der Waals surface area (Å²) in [6.45, 7) is 9.16. The summed E-state index contributed by atoms with van der Waals surface area (Å²) >= 11 is 0. The molecule has 4 saturated carbocycles. The van der Waals surface area contributed by atoms with E-state index in [1.165, 1.54) is 38.5 Å². The van der Waals surface area contributed by atoms with E-state index in [2.05, 4.69) is 20.8 Å². The zero-order valence-corrected chi connectivity index (χ0v) is 16.1. The first-order valence-corrected chi connectivity index (χ1v) is 10.5. The maximum Gasteiger partial charge on any atom is 0.133 e. The fraction of sp³-hybridized carbons (Fsp3) is 0.955. The second-order valence-corrected chi connectivity index (χ2v) is 10.4. The minimum absolute atomic E-state index is 0.0536. The van der Waals surface area contributed by atoms with E-state index >= 15 is 0 Å². The lowest BCUT2D eigenvalue weighted by molar-refractivity contribution is -0.139. The Morgan fingerprint density at radius 3 is 2.38 bits per heavy atom. The van der Waals surface area contributed by atoms with Crippen molar-refractivity contribution in [2.24, 2.45) is 46.3 Å². The summed E-state index contributed by atoms with van der Waals surface area (Å²) in [5.74, 6) is 4.44. The van der Waals surface area contributed by atoms with Crippen LogP contribution in [0.5, 0.6) is 0 Å². The van der Waals surface area contributed by atoms with Crippen molar-refractivity contribution in [1.82, 2.24) is 0 Å². The van der Waals surface area contributed by atoms with Gasteiger partial charge in [0.05, 0.1) is 6.10 Å². The second-order valence-electron chi connectivity index (χ2n) is 10.4. The molecular weight excluding hydrogens is 296 g/mol. The number of fused-ring (bicyclic) bond motifs is 5. The lowest BCUT2D eigenvalue weighted by Gasteiger charge is -2.60. The molecule has 0 radical (unpaired) electrons. The molecule has 0 aliphatic heterocycles. The number of rotatable bonds is 1. The van der Waals surface area contributed by atoms with E-state index in [0.29, 0.717) is 23.0 Å². The SMILES string of the molecule is CC(=O)[C@H]1[C@@H](C)C[C@H]2[C@@H]3CC[C@H]4C[C@H](O)CC[C@]4(C)[C@H]3CC[C@@]21C. The van der Waals surface area contributed by atoms with Gasteiger partial charge < -0.3 is 5.11 Å². The molecule has 0 spiro atoms. The van der Waals surface area contributed by atoms with Crippen LogP contribution in [0.3, 0.4) is 0 Å². The minimum atomic E-state index is -0.0536. The van der Waals surface area contributed by atoms with Gasteiger partial charge in [-0.25, -0.2) is 0 Å². The van der Waals surface area contributed by atoms with Crippen LogP contribution in [0, 0.1) is 46.3 Å². The highest BCUT2D eigenvalue weighted by Crippen LogP contribution is 2.68. The third-order valence-electron chi connectivity index (χ3n) is 9.42. The van der Waals surface area contributed by atoms with Gasteiger partial charge in [-0.2, -0.15) is 0 Å². The quantitative estimate of drug-likeness (QED) is 0.746. The number of aliphatic hydroxyl groups is 1. The molecule has 0 heterocycles. The largest absolute Gasteiger partial charge is 0.393 e. The van der Waals surface area contributed by atoms with Gasteiger partial charge in [0.15, 0.2) is 0 Å². The predicted octanol–water partition coefficient (Wildman–Crippen LogP) is 4.84. The van der Waals surface area contributed by atoms with Gasteiger partial charge in [-0.1, -0.05) is 20.8 Å². The minimum Gasteiger partial charge on any atom is -0.393 e. The monoisotopic (exact) mass is 332 g/mol. The molecule has 0 aromatic rings. The normalized spacial score (nSPS) is 57.0. The van der Waals surface area contributed by atoms with E-state index in [0.717, 1.165) is 36.5 Å². The Labute approximate surface area is 147 Å². The van der Waals surface area contributed by atoms with Gasteiger partial charge in [0.1, 0.15) is 5.78 Å². The van der Waals surface area contributed by atoms with Gasteiger partial charge in [-0.3, -0.25) is 4.79 Å². The fourth-order valence-electron chi connectivity index (χ4n) is 8.46. The molecule has 4 aliphatic rings. The number of carbonyl (C=O) groups excluding carboxylic acids is 1. The van der Waals surface area contributed by atoms with Crippen LogP contribution in [0.25, 0.3) is 0 Å². The van der Waals surface area contributed by atoms with Crippen LogP contribution in [-0.4, -0.2) is 17.0 Å². The predicted molar refractivity (Wildman–Crippen MR) is 96.5 cm³/mol. The molecule has 0 aromatic carbocycles. The summed E-state index contributed by atoms with van der Waals surface area (Å²) in [5, 5.41) is 10.1. The smallest absolute Gasteiger partial charge is 0.133 e. The van der Waals surface area contributed by atoms with E-state index in [1.54, 1.807) is 0 Å². The van der Waals surface area contributed by atoms with Crippen molar-refractivity contribution in [1.29, 1.82) is 0 Å². The number of Topliss-reactive ketones (excluding diaryl/α,β-unsaturated/α-hetero) is 1. The Balaban J connectivity index is 1.64. The zero-order chi connectivity index (χ0) is 17.3. The summed E-state index contributed by atoms with van der Waals surface area (Å²) < 4.78 is 0. The van der Waals surface area contributed by atoms with E-state index < -0.39 is 0 Å². The first kappa shape index (κ1) is 17.1. The molecule has 0 saturated heterocycles. The van der Waals surface area contributed by atoms with Crippen molar-refractivity contribution in [2.45, 2.75) is 85.2 Å². The van der Waals surface area contributed by atoms with Crippen molar-refractivity contribution < 1.29 is 9.90 Å². The number of hydrogen-bond donors (Lipinski definition) is 1. The topological polar surface area (TPSA) is 37.3 Å². The number of ketones is 1. The molecule has 9 atom stereocenters. The summed E-state index contributed by atoms with van der Waals surface area (Å²) in [7, 11) is 0. The summed E-state index contributed by atoms with van der Waals surface area (Å²) in [5.41, 5.74) is 0.699. The zero-order valence-electron chi connectivity index (χ0n) is 16.1. The first-order chi connectivity index (χ1) is 11.3. The molecule has 0 aromatic heterocycles. The van der Waals surface area contributed by atoms with Crippen LogP contribution in [0.1, 0.15) is 79.1 Å².